The van der Waals surface area contributed by atoms with Gasteiger partial charge in [0.1, 0.15) is 0 Å². The molecule has 3 aliphatic rings. The lowest BCUT2D eigenvalue weighted by Gasteiger charge is -2.27. The fourth-order valence-electron chi connectivity index (χ4n) is 3.65. The molecule has 0 saturated carbocycles. The van der Waals surface area contributed by atoms with E-state index in [0.29, 0.717) is 49.1 Å². The summed E-state index contributed by atoms with van der Waals surface area (Å²) >= 11 is 0. The van der Waals surface area contributed by atoms with Gasteiger partial charge in [-0.3, -0.25) is 4.79 Å². The first kappa shape index (κ1) is 18.0. The van der Waals surface area contributed by atoms with Crippen molar-refractivity contribution in [3.05, 3.63) is 52.9 Å². The molecule has 0 spiro atoms. The number of fused-ring (bicyclic) bond motifs is 2. The van der Waals surface area contributed by atoms with Crippen LogP contribution in [0.15, 0.2) is 52.3 Å². The quantitative estimate of drug-likeness (QED) is 0.819. The maximum atomic E-state index is 13.2. The molecule has 1 amide bonds. The SMILES string of the molecule is O=C(C1=C(Nc2ccc3c(c2)OCO3)c2ccccc2S1(=O)=O)N1CCOCC1. The zero-order chi connectivity index (χ0) is 20.0. The van der Waals surface area contributed by atoms with Gasteiger partial charge in [0.2, 0.25) is 16.6 Å². The summed E-state index contributed by atoms with van der Waals surface area (Å²) in [7, 11) is -3.95. The first-order valence-electron chi connectivity index (χ1n) is 9.18. The number of morpholine rings is 1. The summed E-state index contributed by atoms with van der Waals surface area (Å²) in [6.07, 6.45) is 0. The normalized spacial score (nSPS) is 19.2. The number of nitrogens with zero attached hydrogens (tertiary/aromatic N) is 1. The van der Waals surface area contributed by atoms with Crippen LogP contribution in [0.2, 0.25) is 0 Å². The topological polar surface area (TPSA) is 94.2 Å². The predicted molar refractivity (Wildman–Crippen MR) is 104 cm³/mol. The standard InChI is InChI=1S/C20H18N2O6S/c23-20(22-7-9-26-10-8-22)19-18(14-3-1-2-4-17(14)29(19,24)25)21-13-5-6-15-16(11-13)28-12-27-15/h1-6,11,21H,7-10,12H2. The molecule has 150 valence electrons. The molecular formula is C20H18N2O6S. The molecule has 1 N–H and O–H groups in total. The van der Waals surface area contributed by atoms with Crippen LogP contribution < -0.4 is 14.8 Å². The van der Waals surface area contributed by atoms with Crippen LogP contribution in [0.25, 0.3) is 5.70 Å². The van der Waals surface area contributed by atoms with Crippen LogP contribution >= 0.6 is 0 Å². The summed E-state index contributed by atoms with van der Waals surface area (Å²) in [5, 5.41) is 3.14. The molecule has 0 aromatic heterocycles. The van der Waals surface area contributed by atoms with Gasteiger partial charge in [-0.1, -0.05) is 18.2 Å². The molecule has 0 aliphatic carbocycles. The molecule has 5 rings (SSSR count). The lowest BCUT2D eigenvalue weighted by molar-refractivity contribution is -0.130. The minimum absolute atomic E-state index is 0.125. The first-order chi connectivity index (χ1) is 14.1. The Kier molecular flexibility index (Phi) is 4.21. The van der Waals surface area contributed by atoms with Crippen molar-refractivity contribution >= 4 is 27.1 Å². The van der Waals surface area contributed by atoms with E-state index in [4.69, 9.17) is 14.2 Å². The molecule has 29 heavy (non-hydrogen) atoms. The number of sulfone groups is 1. The third kappa shape index (κ3) is 2.93. The summed E-state index contributed by atoms with van der Waals surface area (Å²) in [4.78, 5) is 14.6. The third-order valence-corrected chi connectivity index (χ3v) is 6.93. The van der Waals surface area contributed by atoms with Gasteiger partial charge in [-0.05, 0) is 18.2 Å². The van der Waals surface area contributed by atoms with E-state index in [0.717, 1.165) is 0 Å². The van der Waals surface area contributed by atoms with Crippen LogP contribution in [-0.4, -0.2) is 52.3 Å². The Labute approximate surface area is 167 Å². The largest absolute Gasteiger partial charge is 0.454 e. The van der Waals surface area contributed by atoms with Crippen molar-refractivity contribution in [2.75, 3.05) is 38.4 Å². The molecule has 0 unspecified atom stereocenters. The first-order valence-corrected chi connectivity index (χ1v) is 10.7. The Morgan fingerprint density at radius 2 is 1.76 bits per heavy atom. The van der Waals surface area contributed by atoms with E-state index < -0.39 is 15.7 Å². The second-order valence-electron chi connectivity index (χ2n) is 6.80. The lowest BCUT2D eigenvalue weighted by Crippen LogP contribution is -2.42. The average Bonchev–Trinajstić information content (AvgIpc) is 3.29. The van der Waals surface area contributed by atoms with E-state index in [1.54, 1.807) is 36.4 Å². The van der Waals surface area contributed by atoms with Gasteiger partial charge in [-0.15, -0.1) is 0 Å². The fraction of sp³-hybridized carbons (Fsp3) is 0.250. The molecule has 2 aromatic carbocycles. The summed E-state index contributed by atoms with van der Waals surface area (Å²) < 4.78 is 42.5. The highest BCUT2D eigenvalue weighted by Crippen LogP contribution is 2.42. The summed E-state index contributed by atoms with van der Waals surface area (Å²) in [5.41, 5.74) is 1.35. The van der Waals surface area contributed by atoms with Crippen LogP contribution in [0.4, 0.5) is 5.69 Å². The number of ether oxygens (including phenoxy) is 3. The Bertz CT molecular complexity index is 1140. The lowest BCUT2D eigenvalue weighted by atomic mass is 10.1. The predicted octanol–water partition coefficient (Wildman–Crippen LogP) is 1.84. The Balaban J connectivity index is 1.61. The summed E-state index contributed by atoms with van der Waals surface area (Å²) in [5.74, 6) is 0.659. The Morgan fingerprint density at radius 1 is 1.00 bits per heavy atom. The molecule has 0 atom stereocenters. The number of nitrogens with one attached hydrogen (secondary N) is 1. The zero-order valence-corrected chi connectivity index (χ0v) is 16.2. The van der Waals surface area contributed by atoms with Crippen LogP contribution in [0.3, 0.4) is 0 Å². The van der Waals surface area contributed by atoms with E-state index in [1.807, 2.05) is 0 Å². The minimum atomic E-state index is -3.95. The highest BCUT2D eigenvalue weighted by molar-refractivity contribution is 7.97. The molecule has 2 aromatic rings. The van der Waals surface area contributed by atoms with Gasteiger partial charge in [0, 0.05) is 30.4 Å². The molecule has 0 radical (unpaired) electrons. The fourth-order valence-corrected chi connectivity index (χ4v) is 5.37. The number of carbonyl (C=O) groups excluding carboxylic acids is 1. The van der Waals surface area contributed by atoms with Gasteiger partial charge in [-0.2, -0.15) is 0 Å². The van der Waals surface area contributed by atoms with Gasteiger partial charge < -0.3 is 24.4 Å². The smallest absolute Gasteiger partial charge is 0.268 e. The van der Waals surface area contributed by atoms with Crippen molar-refractivity contribution in [1.29, 1.82) is 0 Å². The van der Waals surface area contributed by atoms with E-state index in [2.05, 4.69) is 5.32 Å². The highest BCUT2D eigenvalue weighted by Gasteiger charge is 2.42. The molecule has 1 fully saturated rings. The highest BCUT2D eigenvalue weighted by atomic mass is 32.2. The molecule has 3 heterocycles. The number of hydrogen-bond acceptors (Lipinski definition) is 7. The van der Waals surface area contributed by atoms with Crippen molar-refractivity contribution in [2.45, 2.75) is 4.90 Å². The molecule has 9 heteroatoms. The molecular weight excluding hydrogens is 396 g/mol. The second kappa shape index (κ2) is 6.78. The van der Waals surface area contributed by atoms with Gasteiger partial charge in [0.05, 0.1) is 23.8 Å². The van der Waals surface area contributed by atoms with Gasteiger partial charge >= 0.3 is 0 Å². The van der Waals surface area contributed by atoms with Gasteiger partial charge in [0.15, 0.2) is 16.4 Å². The van der Waals surface area contributed by atoms with Crippen LogP contribution in [0.5, 0.6) is 11.5 Å². The number of carbonyl (C=O) groups is 1. The van der Waals surface area contributed by atoms with Crippen molar-refractivity contribution in [2.24, 2.45) is 0 Å². The van der Waals surface area contributed by atoms with Crippen molar-refractivity contribution in [1.82, 2.24) is 4.90 Å². The molecule has 1 saturated heterocycles. The number of benzene rings is 2. The summed E-state index contributed by atoms with van der Waals surface area (Å²) in [6, 6.07) is 11.8. The number of rotatable bonds is 3. The van der Waals surface area contributed by atoms with Crippen LogP contribution in [0.1, 0.15) is 5.56 Å². The number of amides is 1. The summed E-state index contributed by atoms with van der Waals surface area (Å²) in [6.45, 7) is 1.62. The number of hydrogen-bond donors (Lipinski definition) is 1. The zero-order valence-electron chi connectivity index (χ0n) is 15.4. The van der Waals surface area contributed by atoms with E-state index in [-0.39, 0.29) is 22.3 Å². The van der Waals surface area contributed by atoms with Crippen molar-refractivity contribution in [3.8, 4) is 11.5 Å². The van der Waals surface area contributed by atoms with Crippen molar-refractivity contribution in [3.63, 3.8) is 0 Å². The van der Waals surface area contributed by atoms with E-state index in [1.165, 1.54) is 11.0 Å². The van der Waals surface area contributed by atoms with Crippen molar-refractivity contribution < 1.29 is 27.4 Å². The van der Waals surface area contributed by atoms with E-state index in [9.17, 15) is 13.2 Å². The average molecular weight is 414 g/mol. The van der Waals surface area contributed by atoms with Crippen LogP contribution in [-0.2, 0) is 19.4 Å². The molecule has 0 bridgehead atoms. The van der Waals surface area contributed by atoms with Gasteiger partial charge in [-0.25, -0.2) is 8.42 Å². The maximum Gasteiger partial charge on any atom is 0.268 e. The number of anilines is 1. The van der Waals surface area contributed by atoms with Gasteiger partial charge in [0.25, 0.3) is 5.91 Å². The molecule has 8 nitrogen and oxygen atoms in total. The Hall–Kier alpha value is -3.04. The Morgan fingerprint density at radius 3 is 2.59 bits per heavy atom. The minimum Gasteiger partial charge on any atom is -0.454 e. The monoisotopic (exact) mass is 414 g/mol. The molecule has 3 aliphatic heterocycles. The maximum absolute atomic E-state index is 13.2. The van der Waals surface area contributed by atoms with E-state index >= 15 is 0 Å². The second-order valence-corrected chi connectivity index (χ2v) is 8.66. The van der Waals surface area contributed by atoms with Crippen LogP contribution in [0, 0.1) is 0 Å². The third-order valence-electron chi connectivity index (χ3n) is 5.08.